The van der Waals surface area contributed by atoms with E-state index in [0.717, 1.165) is 18.4 Å². The summed E-state index contributed by atoms with van der Waals surface area (Å²) >= 11 is 0. The topological polar surface area (TPSA) is 118 Å². The summed E-state index contributed by atoms with van der Waals surface area (Å²) in [5, 5.41) is 12.8. The average molecular weight is 405 g/mol. The summed E-state index contributed by atoms with van der Waals surface area (Å²) in [7, 11) is -2.30. The molecule has 2 heterocycles. The number of aryl methyl sites for hydroxylation is 1. The Kier molecular flexibility index (Phi) is 4.90. The Bertz CT molecular complexity index is 1270. The molecule has 3 aromatic rings. The van der Waals surface area contributed by atoms with Crippen LogP contribution in [-0.2, 0) is 23.4 Å². The summed E-state index contributed by atoms with van der Waals surface area (Å²) in [6, 6.07) is 6.30. The van der Waals surface area contributed by atoms with Gasteiger partial charge in [0.25, 0.3) is 11.5 Å². The number of aromatic nitrogens is 2. The van der Waals surface area contributed by atoms with Gasteiger partial charge in [-0.3, -0.25) is 14.6 Å². The van der Waals surface area contributed by atoms with Crippen LogP contribution in [0.2, 0.25) is 0 Å². The first-order valence-electron chi connectivity index (χ1n) is 8.04. The molecule has 2 N–H and O–H groups in total. The molecule has 0 spiro atoms. The van der Waals surface area contributed by atoms with Gasteiger partial charge in [0.1, 0.15) is 16.9 Å². The molecule has 28 heavy (non-hydrogen) atoms. The number of fused-ring (bicyclic) bond motifs is 1. The van der Waals surface area contributed by atoms with Gasteiger partial charge in [0, 0.05) is 26.0 Å². The zero-order chi connectivity index (χ0) is 20.6. The third-order valence-corrected chi connectivity index (χ3v) is 5.40. The van der Waals surface area contributed by atoms with Crippen molar-refractivity contribution in [1.82, 2.24) is 14.9 Å². The summed E-state index contributed by atoms with van der Waals surface area (Å²) in [4.78, 5) is 28.8. The normalized spacial score (nSPS) is 11.5. The molecule has 146 valence electrons. The van der Waals surface area contributed by atoms with E-state index >= 15 is 0 Å². The first-order chi connectivity index (χ1) is 13.1. The zero-order valence-corrected chi connectivity index (χ0v) is 15.7. The number of benzene rings is 1. The summed E-state index contributed by atoms with van der Waals surface area (Å²) in [6.45, 7) is -0.287. The van der Waals surface area contributed by atoms with Gasteiger partial charge in [-0.05, 0) is 29.8 Å². The van der Waals surface area contributed by atoms with Crippen LogP contribution < -0.4 is 10.9 Å². The molecule has 0 aliphatic heterocycles. The Morgan fingerprint density at radius 3 is 2.71 bits per heavy atom. The largest absolute Gasteiger partial charge is 0.505 e. The molecule has 0 saturated carbocycles. The number of hydrogen-bond acceptors (Lipinski definition) is 6. The van der Waals surface area contributed by atoms with Crippen molar-refractivity contribution in [3.05, 3.63) is 63.8 Å². The molecule has 1 amide bonds. The number of nitrogens with one attached hydrogen (secondary N) is 1. The lowest BCUT2D eigenvalue weighted by atomic mass is 10.1. The molecule has 10 heteroatoms. The standard InChI is InChI=1S/C18H16FN3O5S/c1-22-12-4-3-7-20-15(12)16(23)14(18(22)25)17(24)21-9-10-5-6-11(19)8-13(10)28(2,26)27/h3-8,23H,9H2,1-2H3,(H,21,24). The highest BCUT2D eigenvalue weighted by molar-refractivity contribution is 7.90. The molecule has 0 unspecified atom stereocenters. The smallest absolute Gasteiger partial charge is 0.267 e. The van der Waals surface area contributed by atoms with E-state index in [1.165, 1.54) is 23.9 Å². The van der Waals surface area contributed by atoms with Crippen LogP contribution >= 0.6 is 0 Å². The van der Waals surface area contributed by atoms with Gasteiger partial charge in [-0.2, -0.15) is 0 Å². The number of sulfone groups is 1. The highest BCUT2D eigenvalue weighted by Crippen LogP contribution is 2.24. The van der Waals surface area contributed by atoms with Crippen molar-refractivity contribution < 1.29 is 22.7 Å². The number of carbonyl (C=O) groups is 1. The number of aromatic hydroxyl groups is 1. The van der Waals surface area contributed by atoms with E-state index in [4.69, 9.17) is 0 Å². The maximum absolute atomic E-state index is 13.4. The molecule has 0 bridgehead atoms. The quantitative estimate of drug-likeness (QED) is 0.671. The molecule has 0 radical (unpaired) electrons. The number of pyridine rings is 2. The lowest BCUT2D eigenvalue weighted by Crippen LogP contribution is -2.32. The maximum Gasteiger partial charge on any atom is 0.267 e. The fourth-order valence-electron chi connectivity index (χ4n) is 2.83. The summed E-state index contributed by atoms with van der Waals surface area (Å²) < 4.78 is 38.3. The van der Waals surface area contributed by atoms with Crippen LogP contribution in [0.5, 0.6) is 5.75 Å². The van der Waals surface area contributed by atoms with Crippen LogP contribution in [0.4, 0.5) is 4.39 Å². The van der Waals surface area contributed by atoms with Crippen LogP contribution in [0.15, 0.2) is 46.2 Å². The lowest BCUT2D eigenvalue weighted by Gasteiger charge is -2.12. The molecule has 0 saturated heterocycles. The van der Waals surface area contributed by atoms with E-state index in [0.29, 0.717) is 5.52 Å². The van der Waals surface area contributed by atoms with Crippen molar-refractivity contribution in [3.63, 3.8) is 0 Å². The van der Waals surface area contributed by atoms with Crippen molar-refractivity contribution in [2.45, 2.75) is 11.4 Å². The molecule has 0 atom stereocenters. The summed E-state index contributed by atoms with van der Waals surface area (Å²) in [5.74, 6) is -2.21. The van der Waals surface area contributed by atoms with Gasteiger partial charge in [0.2, 0.25) is 0 Å². The fourth-order valence-corrected chi connectivity index (χ4v) is 3.78. The molecular formula is C18H16FN3O5S. The number of halogens is 1. The zero-order valence-electron chi connectivity index (χ0n) is 14.9. The third kappa shape index (κ3) is 3.46. The van der Waals surface area contributed by atoms with E-state index in [2.05, 4.69) is 10.3 Å². The van der Waals surface area contributed by atoms with Crippen molar-refractivity contribution in [2.75, 3.05) is 6.26 Å². The van der Waals surface area contributed by atoms with E-state index in [1.54, 1.807) is 12.1 Å². The first kappa shape index (κ1) is 19.5. The van der Waals surface area contributed by atoms with Gasteiger partial charge >= 0.3 is 0 Å². The van der Waals surface area contributed by atoms with Crippen LogP contribution in [0, 0.1) is 5.82 Å². The predicted octanol–water partition coefficient (Wildman–Crippen LogP) is 1.11. The Morgan fingerprint density at radius 2 is 2.04 bits per heavy atom. The van der Waals surface area contributed by atoms with E-state index in [1.807, 2.05) is 0 Å². The molecule has 0 fully saturated rings. The van der Waals surface area contributed by atoms with Gasteiger partial charge in [-0.1, -0.05) is 6.07 Å². The lowest BCUT2D eigenvalue weighted by molar-refractivity contribution is 0.0946. The van der Waals surface area contributed by atoms with Gasteiger partial charge in [0.15, 0.2) is 15.6 Å². The first-order valence-corrected chi connectivity index (χ1v) is 9.93. The highest BCUT2D eigenvalue weighted by atomic mass is 32.2. The Morgan fingerprint density at radius 1 is 1.32 bits per heavy atom. The second kappa shape index (κ2) is 7.04. The van der Waals surface area contributed by atoms with Crippen LogP contribution in [0.3, 0.4) is 0 Å². The van der Waals surface area contributed by atoms with Gasteiger partial charge in [-0.15, -0.1) is 0 Å². The van der Waals surface area contributed by atoms with Crippen molar-refractivity contribution >= 4 is 26.8 Å². The number of nitrogens with zero attached hydrogens (tertiary/aromatic N) is 2. The average Bonchev–Trinajstić information content (AvgIpc) is 2.64. The van der Waals surface area contributed by atoms with E-state index in [-0.39, 0.29) is 22.5 Å². The number of hydrogen-bond donors (Lipinski definition) is 2. The Balaban J connectivity index is 1.99. The van der Waals surface area contributed by atoms with Crippen LogP contribution in [-0.4, -0.2) is 35.2 Å². The summed E-state index contributed by atoms with van der Waals surface area (Å²) in [5.41, 5.74) is -0.685. The van der Waals surface area contributed by atoms with E-state index in [9.17, 15) is 27.5 Å². The summed E-state index contributed by atoms with van der Waals surface area (Å²) in [6.07, 6.45) is 2.33. The number of rotatable bonds is 4. The second-order valence-corrected chi connectivity index (χ2v) is 8.15. The minimum atomic E-state index is -3.74. The van der Waals surface area contributed by atoms with Crippen LogP contribution in [0.25, 0.3) is 11.0 Å². The van der Waals surface area contributed by atoms with Crippen LogP contribution in [0.1, 0.15) is 15.9 Å². The third-order valence-electron chi connectivity index (χ3n) is 4.22. The molecule has 3 rings (SSSR count). The monoisotopic (exact) mass is 405 g/mol. The predicted molar refractivity (Wildman–Crippen MR) is 99.3 cm³/mol. The molecule has 2 aromatic heterocycles. The maximum atomic E-state index is 13.4. The SMILES string of the molecule is Cn1c(=O)c(C(=O)NCc2ccc(F)cc2S(C)(=O)=O)c(O)c2ncccc21. The number of carbonyl (C=O) groups excluding carboxylic acids is 1. The molecule has 8 nitrogen and oxygen atoms in total. The minimum absolute atomic E-state index is 0.0772. The Labute approximate surface area is 159 Å². The minimum Gasteiger partial charge on any atom is -0.505 e. The van der Waals surface area contributed by atoms with Gasteiger partial charge in [0.05, 0.1) is 10.4 Å². The highest BCUT2D eigenvalue weighted by Gasteiger charge is 2.22. The molecule has 1 aromatic carbocycles. The van der Waals surface area contributed by atoms with Crippen molar-refractivity contribution in [1.29, 1.82) is 0 Å². The second-order valence-electron chi connectivity index (χ2n) is 6.17. The molecular weight excluding hydrogens is 389 g/mol. The van der Waals surface area contributed by atoms with E-state index < -0.39 is 38.4 Å². The van der Waals surface area contributed by atoms with Gasteiger partial charge < -0.3 is 15.0 Å². The van der Waals surface area contributed by atoms with Crippen molar-refractivity contribution in [2.24, 2.45) is 7.05 Å². The van der Waals surface area contributed by atoms with Gasteiger partial charge in [-0.25, -0.2) is 12.8 Å². The fraction of sp³-hybridized carbons (Fsp3) is 0.167. The van der Waals surface area contributed by atoms with Crippen molar-refractivity contribution in [3.8, 4) is 5.75 Å². The molecule has 0 aliphatic rings. The molecule has 0 aliphatic carbocycles. The Hall–Kier alpha value is -3.27. The number of amides is 1.